The lowest BCUT2D eigenvalue weighted by Gasteiger charge is -2.12. The van der Waals surface area contributed by atoms with Crippen LogP contribution < -0.4 is 9.47 Å². The van der Waals surface area contributed by atoms with Crippen molar-refractivity contribution in [1.82, 2.24) is 0 Å². The van der Waals surface area contributed by atoms with E-state index in [9.17, 15) is 9.59 Å². The largest absolute Gasteiger partial charge is 0.492 e. The molecule has 0 N–H and O–H groups in total. The Kier molecular flexibility index (Phi) is 6.15. The molecule has 0 bridgehead atoms. The Morgan fingerprint density at radius 3 is 2.42 bits per heavy atom. The first-order valence-corrected chi connectivity index (χ1v) is 8.42. The highest BCUT2D eigenvalue weighted by Crippen LogP contribution is 2.27. The van der Waals surface area contributed by atoms with Crippen LogP contribution in [0.5, 0.6) is 11.5 Å². The van der Waals surface area contributed by atoms with Gasteiger partial charge in [-0.2, -0.15) is 0 Å². The summed E-state index contributed by atoms with van der Waals surface area (Å²) in [6.07, 6.45) is 0. The minimum atomic E-state index is -0.528. The highest BCUT2D eigenvalue weighted by molar-refractivity contribution is 9.10. The van der Waals surface area contributed by atoms with E-state index >= 15 is 0 Å². The van der Waals surface area contributed by atoms with Crippen LogP contribution in [0.2, 0.25) is 0 Å². The molecule has 0 spiro atoms. The molecule has 4 nitrogen and oxygen atoms in total. The molecule has 126 valence electrons. The first-order valence-electron chi connectivity index (χ1n) is 7.63. The molecule has 2 rings (SSSR count). The van der Waals surface area contributed by atoms with Crippen LogP contribution in [-0.2, 0) is 0 Å². The van der Waals surface area contributed by atoms with E-state index in [0.717, 1.165) is 0 Å². The van der Waals surface area contributed by atoms with Crippen LogP contribution in [0.1, 0.15) is 41.5 Å². The first-order chi connectivity index (χ1) is 11.4. The Hall–Kier alpha value is -2.14. The smallest absolute Gasteiger partial charge is 0.343 e. The first kappa shape index (κ1) is 18.2. The van der Waals surface area contributed by atoms with E-state index in [0.29, 0.717) is 33.9 Å². The SMILES string of the molecule is CC(=O)c1ccccc1OC(=O)c1ccc(OCC(C)C)c(Br)c1. The summed E-state index contributed by atoms with van der Waals surface area (Å²) in [5, 5.41) is 0. The number of rotatable bonds is 6. The Morgan fingerprint density at radius 2 is 1.79 bits per heavy atom. The number of ether oxygens (including phenoxy) is 2. The maximum Gasteiger partial charge on any atom is 0.343 e. The third-order valence-corrected chi connectivity index (χ3v) is 3.83. The summed E-state index contributed by atoms with van der Waals surface area (Å²) in [7, 11) is 0. The van der Waals surface area contributed by atoms with Crippen LogP contribution in [0.4, 0.5) is 0 Å². The van der Waals surface area contributed by atoms with Gasteiger partial charge in [0.25, 0.3) is 0 Å². The van der Waals surface area contributed by atoms with Crippen LogP contribution >= 0.6 is 15.9 Å². The van der Waals surface area contributed by atoms with Crippen LogP contribution in [0.25, 0.3) is 0 Å². The monoisotopic (exact) mass is 390 g/mol. The molecular weight excluding hydrogens is 372 g/mol. The average molecular weight is 391 g/mol. The van der Waals surface area contributed by atoms with Gasteiger partial charge in [0.15, 0.2) is 5.78 Å². The topological polar surface area (TPSA) is 52.6 Å². The number of benzene rings is 2. The number of para-hydroxylation sites is 1. The molecule has 0 aliphatic rings. The van der Waals surface area contributed by atoms with Crippen molar-refractivity contribution < 1.29 is 19.1 Å². The van der Waals surface area contributed by atoms with Gasteiger partial charge in [0.1, 0.15) is 11.5 Å². The second kappa shape index (κ2) is 8.11. The number of carbonyl (C=O) groups excluding carboxylic acids is 2. The van der Waals surface area contributed by atoms with Crippen molar-refractivity contribution in [1.29, 1.82) is 0 Å². The summed E-state index contributed by atoms with van der Waals surface area (Å²) in [6, 6.07) is 11.7. The van der Waals surface area contributed by atoms with Gasteiger partial charge in [-0.25, -0.2) is 4.79 Å². The van der Waals surface area contributed by atoms with Gasteiger partial charge in [-0.3, -0.25) is 4.79 Å². The minimum Gasteiger partial charge on any atom is -0.492 e. The van der Waals surface area contributed by atoms with Gasteiger partial charge in [0, 0.05) is 0 Å². The summed E-state index contributed by atoms with van der Waals surface area (Å²) in [5.74, 6) is 0.650. The summed E-state index contributed by atoms with van der Waals surface area (Å²) >= 11 is 3.40. The van der Waals surface area contributed by atoms with E-state index in [4.69, 9.17) is 9.47 Å². The average Bonchev–Trinajstić information content (AvgIpc) is 2.53. The molecule has 24 heavy (non-hydrogen) atoms. The lowest BCUT2D eigenvalue weighted by Crippen LogP contribution is -2.11. The lowest BCUT2D eigenvalue weighted by atomic mass is 10.1. The van der Waals surface area contributed by atoms with E-state index in [2.05, 4.69) is 29.8 Å². The number of hydrogen-bond donors (Lipinski definition) is 0. The van der Waals surface area contributed by atoms with Crippen LogP contribution in [-0.4, -0.2) is 18.4 Å². The van der Waals surface area contributed by atoms with Gasteiger partial charge in [0.05, 0.1) is 22.2 Å². The third kappa shape index (κ3) is 4.68. The normalized spacial score (nSPS) is 10.5. The Morgan fingerprint density at radius 1 is 1.08 bits per heavy atom. The van der Waals surface area contributed by atoms with E-state index < -0.39 is 5.97 Å². The number of carbonyl (C=O) groups is 2. The van der Waals surface area contributed by atoms with Gasteiger partial charge in [0.2, 0.25) is 0 Å². The third-order valence-electron chi connectivity index (χ3n) is 3.21. The van der Waals surface area contributed by atoms with E-state index in [1.54, 1.807) is 42.5 Å². The van der Waals surface area contributed by atoms with E-state index in [1.165, 1.54) is 6.92 Å². The molecule has 0 radical (unpaired) electrons. The molecule has 0 aliphatic carbocycles. The zero-order chi connectivity index (χ0) is 17.7. The number of hydrogen-bond acceptors (Lipinski definition) is 4. The maximum absolute atomic E-state index is 12.3. The molecule has 0 aliphatic heterocycles. The van der Waals surface area contributed by atoms with Gasteiger partial charge in [-0.05, 0) is 59.1 Å². The van der Waals surface area contributed by atoms with Crippen molar-refractivity contribution >= 4 is 27.7 Å². The van der Waals surface area contributed by atoms with Crippen molar-refractivity contribution in [3.05, 3.63) is 58.1 Å². The zero-order valence-corrected chi connectivity index (χ0v) is 15.4. The van der Waals surface area contributed by atoms with Crippen molar-refractivity contribution in [3.63, 3.8) is 0 Å². The summed E-state index contributed by atoms with van der Waals surface area (Å²) < 4.78 is 11.7. The summed E-state index contributed by atoms with van der Waals surface area (Å²) in [5.41, 5.74) is 0.749. The highest BCUT2D eigenvalue weighted by Gasteiger charge is 2.15. The number of Topliss-reactive ketones (excluding diaryl/α,β-unsaturated/α-hetero) is 1. The predicted octanol–water partition coefficient (Wildman–Crippen LogP) is 4.91. The molecule has 2 aromatic carbocycles. The highest BCUT2D eigenvalue weighted by atomic mass is 79.9. The molecule has 0 atom stereocenters. The molecule has 5 heteroatoms. The second-order valence-corrected chi connectivity index (χ2v) is 6.65. The molecule has 0 fully saturated rings. The standard InChI is InChI=1S/C19H19BrO4/c1-12(2)11-23-18-9-8-14(10-16(18)20)19(22)24-17-7-5-4-6-15(17)13(3)21/h4-10,12H,11H2,1-3H3. The van der Waals surface area contributed by atoms with Crippen LogP contribution in [0, 0.1) is 5.92 Å². The number of halogens is 1. The minimum absolute atomic E-state index is 0.156. The zero-order valence-electron chi connectivity index (χ0n) is 13.8. The van der Waals surface area contributed by atoms with Crippen molar-refractivity contribution in [2.24, 2.45) is 5.92 Å². The van der Waals surface area contributed by atoms with Crippen LogP contribution in [0.15, 0.2) is 46.9 Å². The number of ketones is 1. The van der Waals surface area contributed by atoms with Crippen molar-refractivity contribution in [2.45, 2.75) is 20.8 Å². The quantitative estimate of drug-likeness (QED) is 0.399. The fraction of sp³-hybridized carbons (Fsp3) is 0.263. The molecule has 0 saturated heterocycles. The summed E-state index contributed by atoms with van der Waals surface area (Å²) in [4.78, 5) is 23.9. The molecule has 0 saturated carbocycles. The molecule has 0 heterocycles. The molecular formula is C19H19BrO4. The molecule has 2 aromatic rings. The lowest BCUT2D eigenvalue weighted by molar-refractivity contribution is 0.0732. The fourth-order valence-corrected chi connectivity index (χ4v) is 2.50. The number of esters is 1. The summed E-state index contributed by atoms with van der Waals surface area (Å²) in [6.45, 7) is 6.15. The van der Waals surface area contributed by atoms with Gasteiger partial charge < -0.3 is 9.47 Å². The molecule has 0 unspecified atom stereocenters. The fourth-order valence-electron chi connectivity index (χ4n) is 2.01. The predicted molar refractivity (Wildman–Crippen MR) is 95.9 cm³/mol. The second-order valence-electron chi connectivity index (χ2n) is 5.79. The molecule has 0 aromatic heterocycles. The van der Waals surface area contributed by atoms with E-state index in [1.807, 2.05) is 0 Å². The van der Waals surface area contributed by atoms with Gasteiger partial charge >= 0.3 is 5.97 Å². The Balaban J connectivity index is 2.16. The Bertz CT molecular complexity index is 753. The van der Waals surface area contributed by atoms with Crippen molar-refractivity contribution in [2.75, 3.05) is 6.61 Å². The van der Waals surface area contributed by atoms with E-state index in [-0.39, 0.29) is 11.5 Å². The van der Waals surface area contributed by atoms with Gasteiger partial charge in [-0.15, -0.1) is 0 Å². The molecule has 0 amide bonds. The maximum atomic E-state index is 12.3. The van der Waals surface area contributed by atoms with Gasteiger partial charge in [-0.1, -0.05) is 26.0 Å². The van der Waals surface area contributed by atoms with Crippen molar-refractivity contribution in [3.8, 4) is 11.5 Å². The van der Waals surface area contributed by atoms with Crippen LogP contribution in [0.3, 0.4) is 0 Å². The Labute approximate surface area is 149 Å².